The lowest BCUT2D eigenvalue weighted by atomic mass is 10.0. The minimum absolute atomic E-state index is 0.0403. The van der Waals surface area contributed by atoms with Crippen LogP contribution in [0.15, 0.2) is 47.5 Å². The van der Waals surface area contributed by atoms with E-state index in [1.165, 1.54) is 22.8 Å². The van der Waals surface area contributed by atoms with Crippen LogP contribution >= 0.6 is 0 Å². The quantitative estimate of drug-likeness (QED) is 0.519. The van der Waals surface area contributed by atoms with Crippen molar-refractivity contribution in [3.05, 3.63) is 70.4 Å². The number of carbonyl (C=O) groups is 1. The molecule has 2 fully saturated rings. The first-order valence-electron chi connectivity index (χ1n) is 11.3. The number of aromatic nitrogens is 3. The van der Waals surface area contributed by atoms with Crippen molar-refractivity contribution in [1.82, 2.24) is 14.5 Å². The van der Waals surface area contributed by atoms with Crippen LogP contribution in [0.3, 0.4) is 0 Å². The number of ether oxygens (including phenoxy) is 1. The minimum atomic E-state index is -0.718. The molecule has 1 saturated carbocycles. The van der Waals surface area contributed by atoms with Gasteiger partial charge in [0.05, 0.1) is 17.3 Å². The summed E-state index contributed by atoms with van der Waals surface area (Å²) in [5, 5.41) is 0. The molecule has 0 radical (unpaired) electrons. The lowest BCUT2D eigenvalue weighted by Gasteiger charge is -2.34. The summed E-state index contributed by atoms with van der Waals surface area (Å²) in [5.74, 6) is -0.658. The summed E-state index contributed by atoms with van der Waals surface area (Å²) in [6, 6.07) is 6.49. The van der Waals surface area contributed by atoms with Crippen molar-refractivity contribution in [2.45, 2.75) is 37.2 Å². The summed E-state index contributed by atoms with van der Waals surface area (Å²) in [6.07, 6.45) is 6.84. The Morgan fingerprint density at radius 2 is 1.91 bits per heavy atom. The van der Waals surface area contributed by atoms with E-state index in [4.69, 9.17) is 14.7 Å². The number of aldehydes is 1. The van der Waals surface area contributed by atoms with Gasteiger partial charge in [-0.15, -0.1) is 0 Å². The highest BCUT2D eigenvalue weighted by molar-refractivity contribution is 5.75. The van der Waals surface area contributed by atoms with Gasteiger partial charge in [-0.25, -0.2) is 18.7 Å². The van der Waals surface area contributed by atoms with Crippen molar-refractivity contribution in [2.24, 2.45) is 7.05 Å². The zero-order valence-electron chi connectivity index (χ0n) is 18.7. The largest absolute Gasteiger partial charge is 0.487 e. The molecule has 3 aromatic rings. The van der Waals surface area contributed by atoms with Gasteiger partial charge in [0.15, 0.2) is 17.4 Å². The highest BCUT2D eigenvalue weighted by Gasteiger charge is 2.46. The van der Waals surface area contributed by atoms with Crippen molar-refractivity contribution in [3.8, 4) is 17.0 Å². The second-order valence-corrected chi connectivity index (χ2v) is 8.95. The Hall–Kier alpha value is -3.62. The Labute approximate surface area is 195 Å². The molecule has 0 unspecified atom stereocenters. The van der Waals surface area contributed by atoms with Crippen LogP contribution in [0, 0.1) is 11.6 Å². The fraction of sp³-hybridized carbons (Fsp3) is 0.360. The van der Waals surface area contributed by atoms with Gasteiger partial charge in [-0.3, -0.25) is 4.79 Å². The number of hydrogen-bond donors (Lipinski definition) is 0. The van der Waals surface area contributed by atoms with Gasteiger partial charge >= 0.3 is 0 Å². The van der Waals surface area contributed by atoms with E-state index in [-0.39, 0.29) is 17.4 Å². The van der Waals surface area contributed by atoms with E-state index >= 15 is 0 Å². The second kappa shape index (κ2) is 8.62. The number of anilines is 1. The molecule has 0 atom stereocenters. The zero-order chi connectivity index (χ0) is 23.9. The Morgan fingerprint density at radius 1 is 1.15 bits per heavy atom. The summed E-state index contributed by atoms with van der Waals surface area (Å²) in [7, 11) is 1.67. The minimum Gasteiger partial charge on any atom is -0.487 e. The number of pyridine rings is 1. The van der Waals surface area contributed by atoms with Crippen LogP contribution in [0.1, 0.15) is 31.4 Å². The third-order valence-corrected chi connectivity index (χ3v) is 6.57. The maximum atomic E-state index is 14.0. The smallest absolute Gasteiger partial charge is 0.250 e. The van der Waals surface area contributed by atoms with Gasteiger partial charge in [-0.2, -0.15) is 0 Å². The zero-order valence-corrected chi connectivity index (χ0v) is 18.7. The monoisotopic (exact) mass is 466 g/mol. The lowest BCUT2D eigenvalue weighted by Crippen LogP contribution is -2.39. The summed E-state index contributed by atoms with van der Waals surface area (Å²) < 4.78 is 34.4. The van der Waals surface area contributed by atoms with Crippen LogP contribution in [0.4, 0.5) is 14.6 Å². The molecular weight excluding hydrogens is 442 g/mol. The van der Waals surface area contributed by atoms with Crippen LogP contribution in [0.2, 0.25) is 0 Å². The molecule has 0 N–H and O–H groups in total. The fourth-order valence-electron chi connectivity index (χ4n) is 4.29. The molecule has 2 aromatic heterocycles. The topological polar surface area (TPSA) is 77.3 Å². The summed E-state index contributed by atoms with van der Waals surface area (Å²) in [5.41, 5.74) is 1.29. The number of halogens is 2. The molecule has 3 heterocycles. The van der Waals surface area contributed by atoms with Crippen LogP contribution in [-0.4, -0.2) is 40.0 Å². The van der Waals surface area contributed by atoms with E-state index in [1.807, 2.05) is 0 Å². The summed E-state index contributed by atoms with van der Waals surface area (Å²) in [6.45, 7) is 1.19. The number of carbonyl (C=O) groups excluding carboxylic acids is 1. The molecule has 7 nitrogen and oxygen atoms in total. The standard InChI is InChI=1S/C25H24F2N4O3/c1-30-14-16(2-5-22(30)33)23-24(28-13-21(29-23)25(15-32)8-9-25)31-10-6-18(7-11-31)34-20-4-3-17(26)12-19(20)27/h2-5,12-15,18H,6-11H2,1H3. The molecule has 2 aliphatic rings. The normalized spacial score (nSPS) is 17.4. The summed E-state index contributed by atoms with van der Waals surface area (Å²) in [4.78, 5) is 35.2. The van der Waals surface area contributed by atoms with Crippen molar-refractivity contribution < 1.29 is 18.3 Å². The lowest BCUT2D eigenvalue weighted by molar-refractivity contribution is -0.110. The molecule has 0 amide bonds. The first-order valence-corrected chi connectivity index (χ1v) is 11.3. The Bertz CT molecular complexity index is 1300. The number of nitrogens with zero attached hydrogens (tertiary/aromatic N) is 4. The van der Waals surface area contributed by atoms with E-state index in [2.05, 4.69) is 4.90 Å². The van der Waals surface area contributed by atoms with E-state index in [1.54, 1.807) is 25.5 Å². The maximum absolute atomic E-state index is 14.0. The first kappa shape index (κ1) is 22.2. The highest BCUT2D eigenvalue weighted by Crippen LogP contribution is 2.46. The van der Waals surface area contributed by atoms with Gasteiger partial charge in [0.25, 0.3) is 0 Å². The molecule has 1 aliphatic carbocycles. The molecule has 1 saturated heterocycles. The van der Waals surface area contributed by atoms with Gasteiger partial charge < -0.3 is 19.0 Å². The average molecular weight is 466 g/mol. The van der Waals surface area contributed by atoms with Gasteiger partial charge in [0, 0.05) is 56.9 Å². The first-order chi connectivity index (χ1) is 16.4. The molecule has 1 aliphatic heterocycles. The predicted molar refractivity (Wildman–Crippen MR) is 122 cm³/mol. The molecule has 0 spiro atoms. The van der Waals surface area contributed by atoms with Gasteiger partial charge in [0.1, 0.15) is 23.9 Å². The SMILES string of the molecule is Cn1cc(-c2nc(C3(C=O)CC3)cnc2N2CCC(Oc3ccc(F)cc3F)CC2)ccc1=O. The average Bonchev–Trinajstić information content (AvgIpc) is 3.64. The molecule has 0 bridgehead atoms. The maximum Gasteiger partial charge on any atom is 0.250 e. The number of benzene rings is 1. The van der Waals surface area contributed by atoms with Crippen molar-refractivity contribution in [3.63, 3.8) is 0 Å². The number of piperidine rings is 1. The number of rotatable bonds is 6. The van der Waals surface area contributed by atoms with E-state index in [0.717, 1.165) is 30.8 Å². The van der Waals surface area contributed by atoms with Gasteiger partial charge in [-0.1, -0.05) is 0 Å². The molecule has 176 valence electrons. The van der Waals surface area contributed by atoms with Crippen molar-refractivity contribution >= 4 is 12.1 Å². The molecular formula is C25H24F2N4O3. The highest BCUT2D eigenvalue weighted by atomic mass is 19.1. The van der Waals surface area contributed by atoms with Crippen molar-refractivity contribution in [1.29, 1.82) is 0 Å². The Balaban J connectivity index is 1.40. The third kappa shape index (κ3) is 4.18. The molecule has 9 heteroatoms. The van der Waals surface area contributed by atoms with Crippen LogP contribution in [0.25, 0.3) is 11.3 Å². The van der Waals surface area contributed by atoms with E-state index in [9.17, 15) is 18.4 Å². The van der Waals surface area contributed by atoms with E-state index < -0.39 is 17.0 Å². The van der Waals surface area contributed by atoms with Gasteiger partial charge in [0.2, 0.25) is 5.56 Å². The fourth-order valence-corrected chi connectivity index (χ4v) is 4.29. The Morgan fingerprint density at radius 3 is 2.56 bits per heavy atom. The number of aryl methyl sites for hydroxylation is 1. The van der Waals surface area contributed by atoms with Crippen LogP contribution in [-0.2, 0) is 17.3 Å². The van der Waals surface area contributed by atoms with Gasteiger partial charge in [-0.05, 0) is 31.0 Å². The predicted octanol–water partition coefficient (Wildman–Crippen LogP) is 3.40. The van der Waals surface area contributed by atoms with Crippen molar-refractivity contribution in [2.75, 3.05) is 18.0 Å². The van der Waals surface area contributed by atoms with E-state index in [0.29, 0.717) is 43.1 Å². The number of hydrogen-bond acceptors (Lipinski definition) is 6. The van der Waals surface area contributed by atoms with Crippen LogP contribution < -0.4 is 15.2 Å². The van der Waals surface area contributed by atoms with Crippen LogP contribution in [0.5, 0.6) is 5.75 Å². The molecule has 5 rings (SSSR count). The summed E-state index contributed by atoms with van der Waals surface area (Å²) >= 11 is 0. The Kier molecular flexibility index (Phi) is 5.63. The second-order valence-electron chi connectivity index (χ2n) is 8.95. The molecule has 34 heavy (non-hydrogen) atoms. The third-order valence-electron chi connectivity index (χ3n) is 6.57. The molecule has 1 aromatic carbocycles.